The van der Waals surface area contributed by atoms with Gasteiger partial charge >= 0.3 is 5.97 Å². The van der Waals surface area contributed by atoms with Gasteiger partial charge in [0.2, 0.25) is 0 Å². The van der Waals surface area contributed by atoms with E-state index in [-0.39, 0.29) is 24.4 Å². The summed E-state index contributed by atoms with van der Waals surface area (Å²) >= 11 is 0. The maximum atomic E-state index is 13.1. The van der Waals surface area contributed by atoms with Crippen molar-refractivity contribution >= 4 is 18.0 Å². The number of rotatable bonds is 6. The first-order chi connectivity index (χ1) is 13.4. The van der Waals surface area contributed by atoms with E-state index in [9.17, 15) is 14.0 Å². The first-order valence-corrected chi connectivity index (χ1v) is 9.40. The van der Waals surface area contributed by atoms with E-state index in [0.29, 0.717) is 0 Å². The number of hydrogen-bond donors (Lipinski definition) is 1. The largest absolute Gasteiger partial charge is 0.452 e. The Morgan fingerprint density at radius 3 is 2.61 bits per heavy atom. The molecule has 1 fully saturated rings. The Hall–Kier alpha value is -2.96. The number of halogens is 1. The summed E-state index contributed by atoms with van der Waals surface area (Å²) in [5.41, 5.74) is 3.04. The van der Waals surface area contributed by atoms with Gasteiger partial charge in [0.15, 0.2) is 6.61 Å². The van der Waals surface area contributed by atoms with Gasteiger partial charge in [-0.15, -0.1) is 0 Å². The van der Waals surface area contributed by atoms with Gasteiger partial charge in [-0.3, -0.25) is 4.79 Å². The molecule has 0 saturated heterocycles. The van der Waals surface area contributed by atoms with E-state index in [4.69, 9.17) is 4.74 Å². The Labute approximate surface area is 163 Å². The lowest BCUT2D eigenvalue weighted by atomic mass is 10.2. The Bertz CT molecular complexity index is 881. The fourth-order valence-electron chi connectivity index (χ4n) is 3.41. The van der Waals surface area contributed by atoms with Crippen molar-refractivity contribution in [1.82, 2.24) is 15.1 Å². The Morgan fingerprint density at radius 2 is 1.93 bits per heavy atom. The van der Waals surface area contributed by atoms with Crippen molar-refractivity contribution in [2.24, 2.45) is 0 Å². The first-order valence-electron chi connectivity index (χ1n) is 9.40. The van der Waals surface area contributed by atoms with E-state index >= 15 is 0 Å². The molecule has 7 heteroatoms. The van der Waals surface area contributed by atoms with Crippen LogP contribution in [0.25, 0.3) is 11.8 Å². The van der Waals surface area contributed by atoms with E-state index in [1.165, 1.54) is 18.2 Å². The molecule has 0 aliphatic heterocycles. The molecule has 0 spiro atoms. The molecule has 0 radical (unpaired) electrons. The van der Waals surface area contributed by atoms with Crippen molar-refractivity contribution in [3.05, 3.63) is 53.1 Å². The van der Waals surface area contributed by atoms with Crippen LogP contribution in [0.15, 0.2) is 30.3 Å². The smallest absolute Gasteiger partial charge is 0.331 e. The molecule has 148 valence electrons. The van der Waals surface area contributed by atoms with Gasteiger partial charge in [0, 0.05) is 23.4 Å². The molecule has 1 aliphatic rings. The van der Waals surface area contributed by atoms with Crippen molar-refractivity contribution < 1.29 is 18.7 Å². The molecule has 1 saturated carbocycles. The molecule has 2 aromatic rings. The van der Waals surface area contributed by atoms with Crippen LogP contribution in [-0.2, 0) is 14.3 Å². The zero-order valence-corrected chi connectivity index (χ0v) is 16.1. The van der Waals surface area contributed by atoms with Crippen LogP contribution in [0.2, 0.25) is 0 Å². The van der Waals surface area contributed by atoms with Gasteiger partial charge in [0.25, 0.3) is 5.91 Å². The summed E-state index contributed by atoms with van der Waals surface area (Å²) in [7, 11) is 0. The minimum absolute atomic E-state index is 0.198. The summed E-state index contributed by atoms with van der Waals surface area (Å²) in [6, 6.07) is 6.22. The molecule has 6 nitrogen and oxygen atoms in total. The minimum Gasteiger partial charge on any atom is -0.452 e. The van der Waals surface area contributed by atoms with E-state index < -0.39 is 5.97 Å². The SMILES string of the molecule is Cc1nn(-c2ccc(F)cc2)c(C)c1/C=C/C(=O)OCC(=O)NC1CCCC1. The van der Waals surface area contributed by atoms with Crippen LogP contribution < -0.4 is 5.32 Å². The number of ether oxygens (including phenoxy) is 1. The molecule has 0 bridgehead atoms. The van der Waals surface area contributed by atoms with Gasteiger partial charge in [0.05, 0.1) is 11.4 Å². The molecular weight excluding hydrogens is 361 g/mol. The predicted octanol–water partition coefficient (Wildman–Crippen LogP) is 3.24. The maximum Gasteiger partial charge on any atom is 0.331 e. The van der Waals surface area contributed by atoms with Crippen LogP contribution in [0, 0.1) is 19.7 Å². The lowest BCUT2D eigenvalue weighted by Crippen LogP contribution is -2.35. The third-order valence-corrected chi connectivity index (χ3v) is 4.87. The van der Waals surface area contributed by atoms with Gasteiger partial charge in [-0.25, -0.2) is 13.9 Å². The highest BCUT2D eigenvalue weighted by molar-refractivity contribution is 5.89. The average molecular weight is 385 g/mol. The zero-order chi connectivity index (χ0) is 20.1. The highest BCUT2D eigenvalue weighted by Crippen LogP contribution is 2.20. The molecule has 1 aromatic heterocycles. The average Bonchev–Trinajstić information content (AvgIpc) is 3.27. The number of benzene rings is 1. The van der Waals surface area contributed by atoms with Crippen LogP contribution in [0.3, 0.4) is 0 Å². The van der Waals surface area contributed by atoms with Crippen molar-refractivity contribution in [1.29, 1.82) is 0 Å². The Morgan fingerprint density at radius 1 is 1.25 bits per heavy atom. The Balaban J connectivity index is 1.59. The van der Waals surface area contributed by atoms with Crippen LogP contribution in [0.1, 0.15) is 42.6 Å². The quantitative estimate of drug-likeness (QED) is 0.612. The molecule has 1 aliphatic carbocycles. The number of nitrogens with one attached hydrogen (secondary N) is 1. The molecule has 0 unspecified atom stereocenters. The summed E-state index contributed by atoms with van der Waals surface area (Å²) in [4.78, 5) is 23.8. The Kier molecular flexibility index (Phi) is 6.23. The third-order valence-electron chi connectivity index (χ3n) is 4.87. The van der Waals surface area contributed by atoms with Crippen LogP contribution in [0.5, 0.6) is 0 Å². The molecule has 1 N–H and O–H groups in total. The molecule has 28 heavy (non-hydrogen) atoms. The van der Waals surface area contributed by atoms with E-state index in [1.807, 2.05) is 13.8 Å². The monoisotopic (exact) mass is 385 g/mol. The second-order valence-corrected chi connectivity index (χ2v) is 6.96. The highest BCUT2D eigenvalue weighted by atomic mass is 19.1. The first kappa shape index (κ1) is 19.8. The van der Waals surface area contributed by atoms with Gasteiger partial charge in [0.1, 0.15) is 5.82 Å². The van der Waals surface area contributed by atoms with Gasteiger partial charge in [-0.2, -0.15) is 5.10 Å². The number of nitrogens with zero attached hydrogens (tertiary/aromatic N) is 2. The lowest BCUT2D eigenvalue weighted by molar-refractivity contribution is -0.144. The molecule has 1 amide bonds. The molecule has 1 heterocycles. The second kappa shape index (κ2) is 8.82. The molecule has 1 aromatic carbocycles. The topological polar surface area (TPSA) is 73.2 Å². The minimum atomic E-state index is -0.588. The van der Waals surface area contributed by atoms with Crippen LogP contribution in [-0.4, -0.2) is 34.3 Å². The number of carbonyl (C=O) groups excluding carboxylic acids is 2. The standard InChI is InChI=1S/C21H24FN3O3/c1-14-19(15(2)25(24-14)18-9-7-16(22)8-10-18)11-12-21(27)28-13-20(26)23-17-5-3-4-6-17/h7-12,17H,3-6,13H2,1-2H3,(H,23,26)/b12-11+. The lowest BCUT2D eigenvalue weighted by Gasteiger charge is -2.11. The summed E-state index contributed by atoms with van der Waals surface area (Å²) in [6.07, 6.45) is 7.12. The number of carbonyl (C=O) groups is 2. The number of aromatic nitrogens is 2. The third kappa shape index (κ3) is 4.85. The van der Waals surface area contributed by atoms with Gasteiger partial charge in [-0.05, 0) is 57.0 Å². The molecular formula is C21H24FN3O3. The normalized spacial score (nSPS) is 14.5. The number of amides is 1. The summed E-state index contributed by atoms with van der Waals surface area (Å²) in [6.45, 7) is 3.41. The maximum absolute atomic E-state index is 13.1. The van der Waals surface area contributed by atoms with Crippen molar-refractivity contribution in [2.45, 2.75) is 45.6 Å². The summed E-state index contributed by atoms with van der Waals surface area (Å²) in [5.74, 6) is -1.18. The van der Waals surface area contributed by atoms with Crippen LogP contribution in [0.4, 0.5) is 4.39 Å². The van der Waals surface area contributed by atoms with E-state index in [0.717, 1.165) is 48.3 Å². The summed E-state index contributed by atoms with van der Waals surface area (Å²) in [5, 5.41) is 7.32. The number of esters is 1. The van der Waals surface area contributed by atoms with Crippen LogP contribution >= 0.6 is 0 Å². The van der Waals surface area contributed by atoms with E-state index in [1.54, 1.807) is 22.9 Å². The highest BCUT2D eigenvalue weighted by Gasteiger charge is 2.17. The second-order valence-electron chi connectivity index (χ2n) is 6.96. The predicted molar refractivity (Wildman–Crippen MR) is 103 cm³/mol. The van der Waals surface area contributed by atoms with Gasteiger partial charge < -0.3 is 10.1 Å². The fraction of sp³-hybridized carbons (Fsp3) is 0.381. The summed E-state index contributed by atoms with van der Waals surface area (Å²) < 4.78 is 19.8. The molecule has 3 rings (SSSR count). The van der Waals surface area contributed by atoms with Crippen molar-refractivity contribution in [3.63, 3.8) is 0 Å². The zero-order valence-electron chi connectivity index (χ0n) is 16.1. The fourth-order valence-corrected chi connectivity index (χ4v) is 3.41. The number of aryl methyl sites for hydroxylation is 1. The van der Waals surface area contributed by atoms with E-state index in [2.05, 4.69) is 10.4 Å². The van der Waals surface area contributed by atoms with Gasteiger partial charge in [-0.1, -0.05) is 12.8 Å². The number of hydrogen-bond acceptors (Lipinski definition) is 4. The van der Waals surface area contributed by atoms with Crippen molar-refractivity contribution in [3.8, 4) is 5.69 Å². The van der Waals surface area contributed by atoms with Crippen molar-refractivity contribution in [2.75, 3.05) is 6.61 Å². The molecule has 0 atom stereocenters.